The zero-order chi connectivity index (χ0) is 20.5. The standard InChI is InChI=1S/C21H20N4O2S2/c1-12-7-6-9-14(13(12)2)22-18(26)11-17-19(27)25(3)21(29-17)24-20-23-15-8-4-5-10-16(15)28-20/h4-10,17H,11H2,1-3H3,(H,22,26). The molecule has 1 fully saturated rings. The van der Waals surface area contributed by atoms with Gasteiger partial charge in [0.1, 0.15) is 5.25 Å². The van der Waals surface area contributed by atoms with Crippen molar-refractivity contribution in [2.45, 2.75) is 25.5 Å². The Hall–Kier alpha value is -2.71. The minimum Gasteiger partial charge on any atom is -0.326 e. The van der Waals surface area contributed by atoms with Gasteiger partial charge in [0.2, 0.25) is 16.9 Å². The van der Waals surface area contributed by atoms with E-state index in [1.54, 1.807) is 7.05 Å². The van der Waals surface area contributed by atoms with Gasteiger partial charge in [0.25, 0.3) is 0 Å². The van der Waals surface area contributed by atoms with Crippen molar-refractivity contribution in [2.75, 3.05) is 12.4 Å². The highest BCUT2D eigenvalue weighted by molar-refractivity contribution is 8.15. The summed E-state index contributed by atoms with van der Waals surface area (Å²) in [7, 11) is 1.68. The van der Waals surface area contributed by atoms with E-state index in [1.807, 2.05) is 56.3 Å². The van der Waals surface area contributed by atoms with E-state index in [0.717, 1.165) is 27.0 Å². The van der Waals surface area contributed by atoms with Crippen LogP contribution in [0.25, 0.3) is 10.2 Å². The molecule has 3 aromatic rings. The third-order valence-electron chi connectivity index (χ3n) is 4.86. The monoisotopic (exact) mass is 424 g/mol. The van der Waals surface area contributed by atoms with Crippen LogP contribution in [0.3, 0.4) is 0 Å². The van der Waals surface area contributed by atoms with Crippen molar-refractivity contribution in [3.05, 3.63) is 53.6 Å². The molecule has 0 radical (unpaired) electrons. The number of carbonyl (C=O) groups excluding carboxylic acids is 2. The fraction of sp³-hybridized carbons (Fsp3) is 0.238. The van der Waals surface area contributed by atoms with Gasteiger partial charge in [-0.25, -0.2) is 4.98 Å². The lowest BCUT2D eigenvalue weighted by molar-refractivity contribution is -0.127. The number of aliphatic imine (C=N–C) groups is 1. The highest BCUT2D eigenvalue weighted by Crippen LogP contribution is 2.34. The lowest BCUT2D eigenvalue weighted by Crippen LogP contribution is -2.30. The normalized spacial score (nSPS) is 18.0. The van der Waals surface area contributed by atoms with Gasteiger partial charge in [0, 0.05) is 19.2 Å². The first-order valence-corrected chi connectivity index (χ1v) is 10.9. The zero-order valence-corrected chi connectivity index (χ0v) is 17.9. The number of hydrogen-bond donors (Lipinski definition) is 1. The minimum atomic E-state index is -0.488. The second kappa shape index (κ2) is 7.96. The molecule has 0 aliphatic carbocycles. The molecule has 1 atom stereocenters. The number of rotatable bonds is 4. The summed E-state index contributed by atoms with van der Waals surface area (Å²) in [5.41, 5.74) is 3.81. The number of nitrogens with zero attached hydrogens (tertiary/aromatic N) is 3. The average Bonchev–Trinajstić information content (AvgIpc) is 3.21. The Bertz CT molecular complexity index is 1110. The molecule has 4 rings (SSSR count). The van der Waals surface area contributed by atoms with Crippen molar-refractivity contribution >= 4 is 61.1 Å². The molecule has 2 heterocycles. The van der Waals surface area contributed by atoms with Crippen LogP contribution in [0.5, 0.6) is 0 Å². The fourth-order valence-corrected chi connectivity index (χ4v) is 5.07. The van der Waals surface area contributed by atoms with E-state index in [-0.39, 0.29) is 18.2 Å². The summed E-state index contributed by atoms with van der Waals surface area (Å²) in [6, 6.07) is 13.6. The van der Waals surface area contributed by atoms with Crippen LogP contribution in [0, 0.1) is 13.8 Å². The largest absolute Gasteiger partial charge is 0.326 e. The SMILES string of the molecule is Cc1cccc(NC(=O)CC2SC(=Nc3nc4ccccc4s3)N(C)C2=O)c1C. The number of thioether (sulfide) groups is 1. The first kappa shape index (κ1) is 19.6. The van der Waals surface area contributed by atoms with Gasteiger partial charge in [-0.3, -0.25) is 14.5 Å². The predicted octanol–water partition coefficient (Wildman–Crippen LogP) is 4.50. The number of para-hydroxylation sites is 1. The molecule has 1 aliphatic heterocycles. The maximum absolute atomic E-state index is 12.6. The van der Waals surface area contributed by atoms with Crippen LogP contribution < -0.4 is 5.32 Å². The van der Waals surface area contributed by atoms with E-state index < -0.39 is 5.25 Å². The van der Waals surface area contributed by atoms with Gasteiger partial charge in [-0.1, -0.05) is 47.4 Å². The number of carbonyl (C=O) groups is 2. The number of aromatic nitrogens is 1. The Morgan fingerprint density at radius 2 is 2.00 bits per heavy atom. The number of thiazole rings is 1. The van der Waals surface area contributed by atoms with E-state index in [2.05, 4.69) is 15.3 Å². The van der Waals surface area contributed by atoms with E-state index in [0.29, 0.717) is 10.3 Å². The number of hydrogen-bond acceptors (Lipinski definition) is 6. The molecular formula is C21H20N4O2S2. The highest BCUT2D eigenvalue weighted by Gasteiger charge is 2.37. The molecule has 1 saturated heterocycles. The second-order valence-corrected chi connectivity index (χ2v) is 9.04. The summed E-state index contributed by atoms with van der Waals surface area (Å²) in [6.07, 6.45) is 0.0973. The first-order chi connectivity index (χ1) is 13.9. The van der Waals surface area contributed by atoms with Crippen molar-refractivity contribution in [1.82, 2.24) is 9.88 Å². The Morgan fingerprint density at radius 1 is 1.21 bits per heavy atom. The highest BCUT2D eigenvalue weighted by atomic mass is 32.2. The number of benzene rings is 2. The molecule has 0 spiro atoms. The Kier molecular flexibility index (Phi) is 5.38. The van der Waals surface area contributed by atoms with Gasteiger partial charge in [0.15, 0.2) is 5.17 Å². The molecule has 148 valence electrons. The van der Waals surface area contributed by atoms with Gasteiger partial charge in [-0.15, -0.1) is 0 Å². The van der Waals surface area contributed by atoms with Gasteiger partial charge in [0.05, 0.1) is 10.2 Å². The van der Waals surface area contributed by atoms with Crippen LogP contribution in [-0.4, -0.2) is 39.2 Å². The van der Waals surface area contributed by atoms with Crippen molar-refractivity contribution in [3.63, 3.8) is 0 Å². The number of amidine groups is 1. The molecule has 2 amide bonds. The Balaban J connectivity index is 1.47. The summed E-state index contributed by atoms with van der Waals surface area (Å²) in [5.74, 6) is -0.301. The molecule has 2 aromatic carbocycles. The minimum absolute atomic E-state index is 0.0973. The second-order valence-electron chi connectivity index (χ2n) is 6.86. The summed E-state index contributed by atoms with van der Waals surface area (Å²) < 4.78 is 1.05. The van der Waals surface area contributed by atoms with E-state index >= 15 is 0 Å². The Labute approximate surface area is 177 Å². The summed E-state index contributed by atoms with van der Waals surface area (Å²) >= 11 is 2.79. The zero-order valence-electron chi connectivity index (χ0n) is 16.3. The molecule has 0 bridgehead atoms. The Morgan fingerprint density at radius 3 is 2.79 bits per heavy atom. The van der Waals surface area contributed by atoms with E-state index in [4.69, 9.17) is 0 Å². The molecule has 0 saturated carbocycles. The first-order valence-electron chi connectivity index (χ1n) is 9.17. The molecule has 8 heteroatoms. The fourth-order valence-electron chi connectivity index (χ4n) is 3.04. The van der Waals surface area contributed by atoms with Crippen LogP contribution in [0.4, 0.5) is 10.8 Å². The van der Waals surface area contributed by atoms with Crippen LogP contribution in [0.2, 0.25) is 0 Å². The smallest absolute Gasteiger partial charge is 0.242 e. The molecular weight excluding hydrogens is 404 g/mol. The van der Waals surface area contributed by atoms with Gasteiger partial charge in [-0.2, -0.15) is 4.99 Å². The third-order valence-corrected chi connectivity index (χ3v) is 7.02. The molecule has 1 N–H and O–H groups in total. The van der Waals surface area contributed by atoms with Crippen molar-refractivity contribution in [3.8, 4) is 0 Å². The van der Waals surface area contributed by atoms with Crippen molar-refractivity contribution in [1.29, 1.82) is 0 Å². The topological polar surface area (TPSA) is 74.7 Å². The van der Waals surface area contributed by atoms with Gasteiger partial charge >= 0.3 is 0 Å². The van der Waals surface area contributed by atoms with Crippen LogP contribution in [-0.2, 0) is 9.59 Å². The number of aryl methyl sites for hydroxylation is 1. The van der Waals surface area contributed by atoms with Crippen molar-refractivity contribution < 1.29 is 9.59 Å². The maximum atomic E-state index is 12.6. The van der Waals surface area contributed by atoms with Crippen LogP contribution in [0.15, 0.2) is 47.5 Å². The van der Waals surface area contributed by atoms with Crippen LogP contribution in [0.1, 0.15) is 17.5 Å². The lowest BCUT2D eigenvalue weighted by atomic mass is 10.1. The quantitative estimate of drug-likeness (QED) is 0.669. The molecule has 6 nitrogen and oxygen atoms in total. The molecule has 29 heavy (non-hydrogen) atoms. The van der Waals surface area contributed by atoms with E-state index in [9.17, 15) is 9.59 Å². The van der Waals surface area contributed by atoms with Gasteiger partial charge < -0.3 is 5.32 Å². The lowest BCUT2D eigenvalue weighted by Gasteiger charge is -2.12. The predicted molar refractivity (Wildman–Crippen MR) is 120 cm³/mol. The number of amides is 2. The third kappa shape index (κ3) is 4.04. The summed E-state index contributed by atoms with van der Waals surface area (Å²) in [4.78, 5) is 35.7. The van der Waals surface area contributed by atoms with Crippen LogP contribution >= 0.6 is 23.1 Å². The van der Waals surface area contributed by atoms with Crippen molar-refractivity contribution in [2.24, 2.45) is 4.99 Å². The van der Waals surface area contributed by atoms with E-state index in [1.165, 1.54) is 28.0 Å². The number of anilines is 1. The van der Waals surface area contributed by atoms with Gasteiger partial charge in [-0.05, 0) is 43.2 Å². The maximum Gasteiger partial charge on any atom is 0.242 e. The molecule has 1 unspecified atom stereocenters. The average molecular weight is 425 g/mol. The summed E-state index contributed by atoms with van der Waals surface area (Å²) in [5, 5.41) is 3.61. The summed E-state index contributed by atoms with van der Waals surface area (Å²) in [6.45, 7) is 3.97. The molecule has 1 aliphatic rings. The number of fused-ring (bicyclic) bond motifs is 1. The number of nitrogens with one attached hydrogen (secondary N) is 1. The molecule has 1 aromatic heterocycles.